The van der Waals surface area contributed by atoms with Crippen LogP contribution in [0.15, 0.2) is 72.8 Å². The summed E-state index contributed by atoms with van der Waals surface area (Å²) in [5.41, 5.74) is 0.305. The van der Waals surface area contributed by atoms with Gasteiger partial charge in [-0.25, -0.2) is 4.39 Å². The molecule has 3 aromatic carbocycles. The van der Waals surface area contributed by atoms with Crippen molar-refractivity contribution in [2.45, 2.75) is 18.9 Å². The molecule has 3 aromatic rings. The van der Waals surface area contributed by atoms with Crippen molar-refractivity contribution in [3.05, 3.63) is 95.3 Å². The summed E-state index contributed by atoms with van der Waals surface area (Å²) in [6.45, 7) is 2.43. The highest BCUT2D eigenvalue weighted by atomic mass is 19.1. The molecule has 5 nitrogen and oxygen atoms in total. The number of aryl methyl sites for hydroxylation is 1. The lowest BCUT2D eigenvalue weighted by Gasteiger charge is -2.23. The molecule has 0 saturated heterocycles. The number of anilines is 1. The summed E-state index contributed by atoms with van der Waals surface area (Å²) in [5.74, 6) is -0.787. The molecule has 1 aliphatic heterocycles. The summed E-state index contributed by atoms with van der Waals surface area (Å²) >= 11 is 0. The number of hydrogen-bond donors (Lipinski definition) is 1. The maximum atomic E-state index is 13.2. The number of nitrogens with zero attached hydrogens (tertiary/aromatic N) is 1. The average Bonchev–Trinajstić information content (AvgIpc) is 2.97. The molecule has 0 fully saturated rings. The maximum absolute atomic E-state index is 13.2. The van der Waals surface area contributed by atoms with Crippen molar-refractivity contribution in [2.24, 2.45) is 0 Å². The van der Waals surface area contributed by atoms with Gasteiger partial charge < -0.3 is 14.7 Å². The number of fused-ring (bicyclic) bond motifs is 1. The van der Waals surface area contributed by atoms with Crippen LogP contribution in [0.25, 0.3) is 0 Å². The second-order valence-corrected chi connectivity index (χ2v) is 7.60. The van der Waals surface area contributed by atoms with E-state index >= 15 is 0 Å². The average molecular weight is 419 g/mol. The molecule has 6 heteroatoms. The molecule has 0 spiro atoms. The number of rotatable bonds is 7. The summed E-state index contributed by atoms with van der Waals surface area (Å²) in [7, 11) is 0. The van der Waals surface area contributed by atoms with E-state index in [1.54, 1.807) is 24.3 Å². The fourth-order valence-electron chi connectivity index (χ4n) is 3.76. The van der Waals surface area contributed by atoms with Crippen LogP contribution in [0.2, 0.25) is 0 Å². The Labute approximate surface area is 179 Å². The van der Waals surface area contributed by atoms with Crippen LogP contribution in [0.3, 0.4) is 0 Å². The number of ether oxygens (including phenoxy) is 1. The second kappa shape index (κ2) is 8.32. The molecule has 0 aromatic heterocycles. The summed E-state index contributed by atoms with van der Waals surface area (Å²) in [6.07, 6.45) is -0.427. The van der Waals surface area contributed by atoms with Gasteiger partial charge in [0.1, 0.15) is 18.2 Å². The number of para-hydroxylation sites is 1. The largest absolute Gasteiger partial charge is 0.492 e. The van der Waals surface area contributed by atoms with E-state index < -0.39 is 29.5 Å². The van der Waals surface area contributed by atoms with Gasteiger partial charge in [-0.3, -0.25) is 9.59 Å². The number of carbonyl (C=O) groups is 2. The van der Waals surface area contributed by atoms with Crippen molar-refractivity contribution >= 4 is 17.4 Å². The van der Waals surface area contributed by atoms with Crippen LogP contribution in [-0.2, 0) is 10.4 Å². The first-order valence-electron chi connectivity index (χ1n) is 10.0. The van der Waals surface area contributed by atoms with Crippen molar-refractivity contribution in [2.75, 3.05) is 18.1 Å². The summed E-state index contributed by atoms with van der Waals surface area (Å²) in [4.78, 5) is 27.4. The molecule has 1 amide bonds. The lowest BCUT2D eigenvalue weighted by molar-refractivity contribution is -0.135. The fourth-order valence-corrected chi connectivity index (χ4v) is 3.76. The van der Waals surface area contributed by atoms with Crippen LogP contribution in [0.1, 0.15) is 27.9 Å². The Morgan fingerprint density at radius 3 is 2.42 bits per heavy atom. The van der Waals surface area contributed by atoms with Gasteiger partial charge in [-0.2, -0.15) is 0 Å². The van der Waals surface area contributed by atoms with Crippen LogP contribution < -0.4 is 9.64 Å². The first kappa shape index (κ1) is 20.8. The van der Waals surface area contributed by atoms with Gasteiger partial charge in [0, 0.05) is 11.1 Å². The molecular weight excluding hydrogens is 397 g/mol. The van der Waals surface area contributed by atoms with E-state index in [1.165, 1.54) is 29.2 Å². The fraction of sp³-hybridized carbons (Fsp3) is 0.200. The number of benzene rings is 3. The standard InChI is InChI=1S/C25H22FNO4/c1-17-6-12-20(13-7-17)31-15-14-27-22-5-3-2-4-21(22)25(30,24(27)29)16-23(28)18-8-10-19(26)11-9-18/h2-13,30H,14-16H2,1H3/t25-/m0/s1. The van der Waals surface area contributed by atoms with E-state index in [0.717, 1.165) is 5.56 Å². The quantitative estimate of drug-likeness (QED) is 0.588. The second-order valence-electron chi connectivity index (χ2n) is 7.60. The molecule has 1 aliphatic rings. The van der Waals surface area contributed by atoms with Crippen molar-refractivity contribution in [3.8, 4) is 5.75 Å². The number of carbonyl (C=O) groups excluding carboxylic acids is 2. The smallest absolute Gasteiger partial charge is 0.264 e. The number of amides is 1. The van der Waals surface area contributed by atoms with E-state index in [9.17, 15) is 19.1 Å². The van der Waals surface area contributed by atoms with Crippen LogP contribution in [-0.4, -0.2) is 29.9 Å². The Hall–Kier alpha value is -3.51. The molecule has 31 heavy (non-hydrogen) atoms. The molecular formula is C25H22FNO4. The Morgan fingerprint density at radius 2 is 1.71 bits per heavy atom. The van der Waals surface area contributed by atoms with Gasteiger partial charge in [-0.05, 0) is 49.4 Å². The molecule has 0 bridgehead atoms. The topological polar surface area (TPSA) is 66.8 Å². The van der Waals surface area contributed by atoms with Gasteiger partial charge in [0.2, 0.25) is 0 Å². The summed E-state index contributed by atoms with van der Waals surface area (Å²) in [5, 5.41) is 11.3. The Kier molecular flexibility index (Phi) is 5.57. The molecule has 0 saturated carbocycles. The first-order valence-corrected chi connectivity index (χ1v) is 10.0. The zero-order valence-electron chi connectivity index (χ0n) is 17.0. The zero-order chi connectivity index (χ0) is 22.0. The van der Waals surface area contributed by atoms with Crippen molar-refractivity contribution in [3.63, 3.8) is 0 Å². The van der Waals surface area contributed by atoms with Gasteiger partial charge in [-0.15, -0.1) is 0 Å². The predicted octanol–water partition coefficient (Wildman–Crippen LogP) is 4.02. The SMILES string of the molecule is Cc1ccc(OCCN2C(=O)[C@](O)(CC(=O)c3ccc(F)cc3)c3ccccc32)cc1. The van der Waals surface area contributed by atoms with E-state index in [0.29, 0.717) is 17.0 Å². The maximum Gasteiger partial charge on any atom is 0.264 e. The van der Waals surface area contributed by atoms with Crippen LogP contribution in [0, 0.1) is 12.7 Å². The van der Waals surface area contributed by atoms with Gasteiger partial charge in [0.05, 0.1) is 18.7 Å². The van der Waals surface area contributed by atoms with Crippen molar-refractivity contribution in [1.82, 2.24) is 0 Å². The predicted molar refractivity (Wildman–Crippen MR) is 115 cm³/mol. The molecule has 1 heterocycles. The normalized spacial score (nSPS) is 17.5. The zero-order valence-corrected chi connectivity index (χ0v) is 17.0. The molecule has 0 unspecified atom stereocenters. The van der Waals surface area contributed by atoms with E-state index in [1.807, 2.05) is 31.2 Å². The molecule has 158 valence electrons. The number of aliphatic hydroxyl groups is 1. The molecule has 1 N–H and O–H groups in total. The lowest BCUT2D eigenvalue weighted by atomic mass is 9.88. The van der Waals surface area contributed by atoms with Gasteiger partial charge in [-0.1, -0.05) is 35.9 Å². The third-order valence-corrected chi connectivity index (χ3v) is 5.43. The van der Waals surface area contributed by atoms with Crippen molar-refractivity contribution < 1.29 is 23.8 Å². The van der Waals surface area contributed by atoms with Crippen LogP contribution in [0.4, 0.5) is 10.1 Å². The molecule has 0 aliphatic carbocycles. The van der Waals surface area contributed by atoms with Crippen molar-refractivity contribution in [1.29, 1.82) is 0 Å². The van der Waals surface area contributed by atoms with Crippen LogP contribution >= 0.6 is 0 Å². The Bertz CT molecular complexity index is 1110. The minimum atomic E-state index is -1.98. The highest BCUT2D eigenvalue weighted by Crippen LogP contribution is 2.42. The number of hydrogen-bond acceptors (Lipinski definition) is 4. The van der Waals surface area contributed by atoms with Gasteiger partial charge >= 0.3 is 0 Å². The minimum Gasteiger partial charge on any atom is -0.492 e. The number of halogens is 1. The number of ketones is 1. The minimum absolute atomic E-state index is 0.219. The number of Topliss-reactive ketones (excluding diaryl/α,β-unsaturated/α-hetero) is 1. The van der Waals surface area contributed by atoms with E-state index in [4.69, 9.17) is 4.74 Å². The Balaban J connectivity index is 1.52. The highest BCUT2D eigenvalue weighted by Gasteiger charge is 2.50. The van der Waals surface area contributed by atoms with Crippen LogP contribution in [0.5, 0.6) is 5.75 Å². The Morgan fingerprint density at radius 1 is 1.03 bits per heavy atom. The van der Waals surface area contributed by atoms with E-state index in [-0.39, 0.29) is 18.7 Å². The third kappa shape index (κ3) is 4.07. The summed E-state index contributed by atoms with van der Waals surface area (Å²) in [6, 6.07) is 19.5. The molecule has 0 radical (unpaired) electrons. The molecule has 4 rings (SSSR count). The summed E-state index contributed by atoms with van der Waals surface area (Å²) < 4.78 is 18.9. The van der Waals surface area contributed by atoms with E-state index in [2.05, 4.69) is 0 Å². The first-order chi connectivity index (χ1) is 14.9. The third-order valence-electron chi connectivity index (χ3n) is 5.43. The lowest BCUT2D eigenvalue weighted by Crippen LogP contribution is -2.43. The molecule has 1 atom stereocenters. The monoisotopic (exact) mass is 419 g/mol. The van der Waals surface area contributed by atoms with Gasteiger partial charge in [0.15, 0.2) is 11.4 Å². The highest BCUT2D eigenvalue weighted by molar-refractivity contribution is 6.10. The van der Waals surface area contributed by atoms with Gasteiger partial charge in [0.25, 0.3) is 5.91 Å².